The van der Waals surface area contributed by atoms with Crippen LogP contribution in [0.15, 0.2) is 53.6 Å². The summed E-state index contributed by atoms with van der Waals surface area (Å²) in [6.45, 7) is 2.81. The van der Waals surface area contributed by atoms with Crippen molar-refractivity contribution in [3.63, 3.8) is 0 Å². The van der Waals surface area contributed by atoms with Gasteiger partial charge in [0.25, 0.3) is 0 Å². The van der Waals surface area contributed by atoms with E-state index in [0.717, 1.165) is 56.6 Å². The van der Waals surface area contributed by atoms with Crippen molar-refractivity contribution in [2.24, 2.45) is 5.92 Å². The minimum atomic E-state index is -3.44. The number of sulfonamides is 1. The third-order valence-electron chi connectivity index (χ3n) is 6.12. The molecular weight excluding hydrogens is 386 g/mol. The van der Waals surface area contributed by atoms with Crippen molar-refractivity contribution in [3.8, 4) is 0 Å². The highest BCUT2D eigenvalue weighted by atomic mass is 32.2. The van der Waals surface area contributed by atoms with Gasteiger partial charge in [-0.15, -0.1) is 0 Å². The summed E-state index contributed by atoms with van der Waals surface area (Å²) in [7, 11) is -3.44. The van der Waals surface area contributed by atoms with Gasteiger partial charge >= 0.3 is 0 Å². The van der Waals surface area contributed by atoms with Gasteiger partial charge in [0.15, 0.2) is 0 Å². The monoisotopic (exact) mass is 415 g/mol. The van der Waals surface area contributed by atoms with E-state index in [4.69, 9.17) is 0 Å². The maximum atomic E-state index is 12.8. The fourth-order valence-corrected chi connectivity index (χ4v) is 5.80. The molecule has 0 spiro atoms. The van der Waals surface area contributed by atoms with Crippen molar-refractivity contribution in [1.82, 2.24) is 9.29 Å². The zero-order valence-electron chi connectivity index (χ0n) is 16.7. The van der Waals surface area contributed by atoms with Crippen LogP contribution in [-0.4, -0.2) is 49.0 Å². The number of rotatable bonds is 5. The van der Waals surface area contributed by atoms with Crippen LogP contribution in [0.3, 0.4) is 0 Å². The molecule has 4 rings (SSSR count). The highest BCUT2D eigenvalue weighted by molar-refractivity contribution is 7.89. The molecule has 0 amide bonds. The zero-order chi connectivity index (χ0) is 20.3. The quantitative estimate of drug-likeness (QED) is 0.812. The maximum absolute atomic E-state index is 12.8. The Morgan fingerprint density at radius 1 is 0.931 bits per heavy atom. The smallest absolute Gasteiger partial charge is 0.244 e. The third-order valence-corrected chi connectivity index (χ3v) is 8.01. The first-order valence-corrected chi connectivity index (χ1v) is 11.9. The van der Waals surface area contributed by atoms with Crippen LogP contribution in [0.4, 0.5) is 5.82 Å². The SMILES string of the molecule is O=S(=O)(c1ccc(N2CCC(C(O)c3ccccc3)CC2)nc1)N1CCCCC1. The predicted molar refractivity (Wildman–Crippen MR) is 113 cm³/mol. The summed E-state index contributed by atoms with van der Waals surface area (Å²) in [6.07, 6.45) is 5.76. The van der Waals surface area contributed by atoms with Crippen LogP contribution in [0.5, 0.6) is 0 Å². The van der Waals surface area contributed by atoms with Gasteiger partial charge in [0, 0.05) is 32.4 Å². The second kappa shape index (κ2) is 8.81. The number of aliphatic hydroxyl groups excluding tert-OH is 1. The van der Waals surface area contributed by atoms with E-state index in [9.17, 15) is 13.5 Å². The molecule has 0 aliphatic carbocycles. The maximum Gasteiger partial charge on any atom is 0.244 e. The summed E-state index contributed by atoms with van der Waals surface area (Å²) in [5.74, 6) is 1.03. The predicted octanol–water partition coefficient (Wildman–Crippen LogP) is 3.21. The first-order chi connectivity index (χ1) is 14.1. The lowest BCUT2D eigenvalue weighted by molar-refractivity contribution is 0.0929. The van der Waals surface area contributed by atoms with E-state index in [1.807, 2.05) is 36.4 Å². The highest BCUT2D eigenvalue weighted by Gasteiger charge is 2.28. The lowest BCUT2D eigenvalue weighted by atomic mass is 9.87. The molecule has 1 unspecified atom stereocenters. The van der Waals surface area contributed by atoms with E-state index in [-0.39, 0.29) is 10.8 Å². The Morgan fingerprint density at radius 2 is 1.62 bits per heavy atom. The molecule has 1 aromatic carbocycles. The lowest BCUT2D eigenvalue weighted by Crippen LogP contribution is -2.37. The van der Waals surface area contributed by atoms with Crippen LogP contribution in [0.25, 0.3) is 0 Å². The van der Waals surface area contributed by atoms with Gasteiger partial charge in [-0.05, 0) is 49.3 Å². The molecule has 7 heteroatoms. The molecule has 2 aliphatic rings. The minimum absolute atomic E-state index is 0.229. The molecule has 1 N–H and O–H groups in total. The molecule has 0 saturated carbocycles. The lowest BCUT2D eigenvalue weighted by Gasteiger charge is -2.35. The number of piperidine rings is 2. The molecule has 2 aliphatic heterocycles. The number of hydrogen-bond acceptors (Lipinski definition) is 5. The summed E-state index contributed by atoms with van der Waals surface area (Å²) < 4.78 is 27.1. The summed E-state index contributed by atoms with van der Waals surface area (Å²) >= 11 is 0. The Balaban J connectivity index is 1.38. The summed E-state index contributed by atoms with van der Waals surface area (Å²) in [5, 5.41) is 10.6. The van der Waals surface area contributed by atoms with Crippen molar-refractivity contribution in [2.75, 3.05) is 31.1 Å². The van der Waals surface area contributed by atoms with Gasteiger partial charge in [-0.2, -0.15) is 4.31 Å². The van der Waals surface area contributed by atoms with Gasteiger partial charge in [-0.1, -0.05) is 36.8 Å². The molecule has 1 aromatic heterocycles. The van der Waals surface area contributed by atoms with Gasteiger partial charge in [0.05, 0.1) is 6.10 Å². The molecular formula is C22H29N3O3S. The van der Waals surface area contributed by atoms with E-state index < -0.39 is 16.1 Å². The van der Waals surface area contributed by atoms with E-state index in [1.165, 1.54) is 6.20 Å². The Hall–Kier alpha value is -1.96. The average molecular weight is 416 g/mol. The van der Waals surface area contributed by atoms with E-state index in [0.29, 0.717) is 13.1 Å². The molecule has 0 radical (unpaired) electrons. The van der Waals surface area contributed by atoms with Gasteiger partial charge < -0.3 is 10.0 Å². The summed E-state index contributed by atoms with van der Waals surface area (Å²) in [4.78, 5) is 6.90. The molecule has 2 fully saturated rings. The fourth-order valence-electron chi connectivity index (χ4n) is 4.33. The number of aliphatic hydroxyl groups is 1. The molecule has 3 heterocycles. The molecule has 156 valence electrons. The van der Waals surface area contributed by atoms with Crippen molar-refractivity contribution < 1.29 is 13.5 Å². The number of hydrogen-bond donors (Lipinski definition) is 1. The molecule has 2 aromatic rings. The molecule has 1 atom stereocenters. The standard InChI is InChI=1S/C22H29N3O3S/c26-22(18-7-3-1-4-8-18)19-11-15-24(16-12-19)21-10-9-20(17-23-21)29(27,28)25-13-5-2-6-14-25/h1,3-4,7-10,17,19,22,26H,2,5-6,11-16H2. The highest BCUT2D eigenvalue weighted by Crippen LogP contribution is 2.32. The first kappa shape index (κ1) is 20.3. The first-order valence-electron chi connectivity index (χ1n) is 10.5. The molecule has 29 heavy (non-hydrogen) atoms. The van der Waals surface area contributed by atoms with Crippen LogP contribution >= 0.6 is 0 Å². The Kier molecular flexibility index (Phi) is 6.18. The van der Waals surface area contributed by atoms with E-state index in [2.05, 4.69) is 9.88 Å². The number of benzene rings is 1. The topological polar surface area (TPSA) is 73.7 Å². The third kappa shape index (κ3) is 4.47. The van der Waals surface area contributed by atoms with Crippen LogP contribution in [-0.2, 0) is 10.0 Å². The normalized spacial score (nSPS) is 20.5. The van der Waals surface area contributed by atoms with E-state index >= 15 is 0 Å². The van der Waals surface area contributed by atoms with Crippen molar-refractivity contribution in [1.29, 1.82) is 0 Å². The molecule has 0 bridgehead atoms. The van der Waals surface area contributed by atoms with Gasteiger partial charge in [-0.25, -0.2) is 13.4 Å². The summed E-state index contributed by atoms with van der Waals surface area (Å²) in [5.41, 5.74) is 0.969. The second-order valence-electron chi connectivity index (χ2n) is 8.00. The minimum Gasteiger partial charge on any atom is -0.388 e. The molecule has 2 saturated heterocycles. The number of pyridine rings is 1. The number of nitrogens with zero attached hydrogens (tertiary/aromatic N) is 3. The number of aromatic nitrogens is 1. The van der Waals surface area contributed by atoms with Crippen molar-refractivity contribution in [3.05, 3.63) is 54.2 Å². The largest absolute Gasteiger partial charge is 0.388 e. The van der Waals surface area contributed by atoms with Crippen LogP contribution in [0.1, 0.15) is 43.8 Å². The Morgan fingerprint density at radius 3 is 2.24 bits per heavy atom. The van der Waals surface area contributed by atoms with Gasteiger partial charge in [0.2, 0.25) is 10.0 Å². The van der Waals surface area contributed by atoms with Crippen LogP contribution in [0, 0.1) is 5.92 Å². The van der Waals surface area contributed by atoms with Crippen molar-refractivity contribution in [2.45, 2.75) is 43.1 Å². The van der Waals surface area contributed by atoms with Gasteiger partial charge in [0.1, 0.15) is 10.7 Å². The Labute approximate surface area is 173 Å². The van der Waals surface area contributed by atoms with Crippen molar-refractivity contribution >= 4 is 15.8 Å². The van der Waals surface area contributed by atoms with Gasteiger partial charge in [-0.3, -0.25) is 0 Å². The second-order valence-corrected chi connectivity index (χ2v) is 9.93. The zero-order valence-corrected chi connectivity index (χ0v) is 17.5. The fraction of sp³-hybridized carbons (Fsp3) is 0.500. The van der Waals surface area contributed by atoms with Crippen LogP contribution < -0.4 is 4.90 Å². The van der Waals surface area contributed by atoms with E-state index in [1.54, 1.807) is 10.4 Å². The average Bonchev–Trinajstić information content (AvgIpc) is 2.80. The van der Waals surface area contributed by atoms with Crippen LogP contribution in [0.2, 0.25) is 0 Å². The molecule has 6 nitrogen and oxygen atoms in total. The Bertz CT molecular complexity index is 889. The number of anilines is 1. The summed E-state index contributed by atoms with van der Waals surface area (Å²) in [6, 6.07) is 13.3.